The second-order valence-electron chi connectivity index (χ2n) is 6.23. The smallest absolute Gasteiger partial charge is 0.279 e. The van der Waals surface area contributed by atoms with Gasteiger partial charge in [-0.3, -0.25) is 19.8 Å². The van der Waals surface area contributed by atoms with E-state index in [1.165, 1.54) is 6.07 Å². The zero-order valence-corrected chi connectivity index (χ0v) is 15.6. The van der Waals surface area contributed by atoms with Gasteiger partial charge in [0.1, 0.15) is 5.75 Å². The van der Waals surface area contributed by atoms with Crippen LogP contribution in [0.25, 0.3) is 0 Å². The summed E-state index contributed by atoms with van der Waals surface area (Å²) < 4.78 is 5.65. The molecule has 0 saturated carbocycles. The van der Waals surface area contributed by atoms with Crippen LogP contribution >= 0.6 is 23.2 Å². The first-order valence-corrected chi connectivity index (χ1v) is 9.13. The summed E-state index contributed by atoms with van der Waals surface area (Å²) in [5.41, 5.74) is 2.41. The molecule has 1 N–H and O–H groups in total. The molecule has 0 aromatic heterocycles. The number of ether oxygens (including phenoxy) is 1. The first-order chi connectivity index (χ1) is 12.4. The Balaban J connectivity index is 1.70. The van der Waals surface area contributed by atoms with Crippen LogP contribution in [0.2, 0.25) is 10.0 Å². The minimum Gasteiger partial charge on any atom is -0.479 e. The van der Waals surface area contributed by atoms with Crippen LogP contribution < -0.4 is 10.2 Å². The standard InChI is InChI=1S/C18H18Cl2N2O4/c1-2-14(26-15-9-10(19)7-8-13(15)20)16(23)21-22-17(24)11-5-3-4-6-12(11)18(22)25/h3-4,7-9,11-12,14H,2,5-6H2,1H3,(H,21,23). The van der Waals surface area contributed by atoms with E-state index in [1.54, 1.807) is 19.1 Å². The number of carbonyl (C=O) groups is 3. The van der Waals surface area contributed by atoms with Crippen LogP contribution in [-0.2, 0) is 14.4 Å². The number of carbonyl (C=O) groups excluding carboxylic acids is 3. The van der Waals surface area contributed by atoms with E-state index >= 15 is 0 Å². The Labute approximate surface area is 161 Å². The number of halogens is 2. The number of imide groups is 1. The summed E-state index contributed by atoms with van der Waals surface area (Å²) in [6, 6.07) is 4.68. The van der Waals surface area contributed by atoms with Crippen LogP contribution in [-0.4, -0.2) is 28.8 Å². The second kappa shape index (κ2) is 7.68. The lowest BCUT2D eigenvalue weighted by molar-refractivity contribution is -0.151. The first-order valence-electron chi connectivity index (χ1n) is 8.37. The van der Waals surface area contributed by atoms with Gasteiger partial charge in [0.15, 0.2) is 6.10 Å². The molecule has 138 valence electrons. The molecule has 3 atom stereocenters. The van der Waals surface area contributed by atoms with Gasteiger partial charge in [-0.15, -0.1) is 0 Å². The molecule has 1 fully saturated rings. The maximum Gasteiger partial charge on any atom is 0.279 e. The number of allylic oxidation sites excluding steroid dienone is 2. The number of nitrogens with one attached hydrogen (secondary N) is 1. The summed E-state index contributed by atoms with van der Waals surface area (Å²) in [5.74, 6) is -1.90. The summed E-state index contributed by atoms with van der Waals surface area (Å²) in [7, 11) is 0. The lowest BCUT2D eigenvalue weighted by atomic mass is 9.85. The number of hydrazine groups is 1. The lowest BCUT2D eigenvalue weighted by Crippen LogP contribution is -2.51. The monoisotopic (exact) mass is 396 g/mol. The van der Waals surface area contributed by atoms with E-state index in [0.717, 1.165) is 5.01 Å². The van der Waals surface area contributed by atoms with E-state index in [1.807, 2.05) is 12.2 Å². The summed E-state index contributed by atoms with van der Waals surface area (Å²) in [5, 5.41) is 1.56. The number of hydrogen-bond donors (Lipinski definition) is 1. The van der Waals surface area contributed by atoms with Gasteiger partial charge in [0.25, 0.3) is 17.7 Å². The Bertz CT molecular complexity index is 754. The van der Waals surface area contributed by atoms with Gasteiger partial charge in [-0.1, -0.05) is 42.3 Å². The Hall–Kier alpha value is -2.05. The molecule has 8 heteroatoms. The maximum absolute atomic E-state index is 12.6. The molecule has 3 rings (SSSR count). The molecule has 1 aliphatic carbocycles. The van der Waals surface area contributed by atoms with Gasteiger partial charge in [-0.05, 0) is 31.4 Å². The van der Waals surface area contributed by atoms with Crippen molar-refractivity contribution >= 4 is 40.9 Å². The molecule has 1 aromatic rings. The zero-order chi connectivity index (χ0) is 18.8. The third-order valence-corrected chi connectivity index (χ3v) is 5.10. The van der Waals surface area contributed by atoms with E-state index in [-0.39, 0.29) is 17.6 Å². The highest BCUT2D eigenvalue weighted by Crippen LogP contribution is 2.34. The van der Waals surface area contributed by atoms with Gasteiger partial charge >= 0.3 is 0 Å². The van der Waals surface area contributed by atoms with Crippen molar-refractivity contribution in [3.63, 3.8) is 0 Å². The van der Waals surface area contributed by atoms with Crippen molar-refractivity contribution in [2.45, 2.75) is 32.3 Å². The van der Waals surface area contributed by atoms with Crippen molar-refractivity contribution in [3.05, 3.63) is 40.4 Å². The molecule has 1 heterocycles. The highest BCUT2D eigenvalue weighted by molar-refractivity contribution is 6.34. The van der Waals surface area contributed by atoms with E-state index in [0.29, 0.717) is 29.3 Å². The summed E-state index contributed by atoms with van der Waals surface area (Å²) in [6.45, 7) is 1.75. The molecule has 0 radical (unpaired) electrons. The lowest BCUT2D eigenvalue weighted by Gasteiger charge is -2.22. The summed E-state index contributed by atoms with van der Waals surface area (Å²) in [4.78, 5) is 37.4. The van der Waals surface area contributed by atoms with Gasteiger partial charge < -0.3 is 4.74 Å². The molecule has 6 nitrogen and oxygen atoms in total. The van der Waals surface area contributed by atoms with Crippen molar-refractivity contribution < 1.29 is 19.1 Å². The molecule has 1 aliphatic heterocycles. The van der Waals surface area contributed by atoms with E-state index in [2.05, 4.69) is 5.43 Å². The van der Waals surface area contributed by atoms with E-state index in [4.69, 9.17) is 27.9 Å². The number of fused-ring (bicyclic) bond motifs is 1. The van der Waals surface area contributed by atoms with E-state index < -0.39 is 23.8 Å². The number of benzene rings is 1. The summed E-state index contributed by atoms with van der Waals surface area (Å²) >= 11 is 12.0. The normalized spacial score (nSPS) is 23.0. The Morgan fingerprint density at radius 3 is 2.42 bits per heavy atom. The molecule has 26 heavy (non-hydrogen) atoms. The molecule has 3 amide bonds. The number of rotatable bonds is 5. The van der Waals surface area contributed by atoms with E-state index in [9.17, 15) is 14.4 Å². The second-order valence-corrected chi connectivity index (χ2v) is 7.08. The number of hydrogen-bond acceptors (Lipinski definition) is 4. The van der Waals surface area contributed by atoms with Crippen LogP contribution in [0.4, 0.5) is 0 Å². The Kier molecular flexibility index (Phi) is 5.53. The fourth-order valence-electron chi connectivity index (χ4n) is 3.14. The molecule has 3 unspecified atom stereocenters. The fraction of sp³-hybridized carbons (Fsp3) is 0.389. The van der Waals surface area contributed by atoms with Crippen molar-refractivity contribution in [3.8, 4) is 5.75 Å². The predicted octanol–water partition coefficient (Wildman–Crippen LogP) is 3.13. The largest absolute Gasteiger partial charge is 0.479 e. The highest BCUT2D eigenvalue weighted by atomic mass is 35.5. The minimum atomic E-state index is -0.924. The quantitative estimate of drug-likeness (QED) is 0.612. The van der Waals surface area contributed by atoms with Crippen LogP contribution in [0, 0.1) is 11.8 Å². The molecular formula is C18H18Cl2N2O4. The van der Waals surface area contributed by atoms with Gasteiger partial charge in [0.05, 0.1) is 16.9 Å². The van der Waals surface area contributed by atoms with Crippen molar-refractivity contribution in [2.75, 3.05) is 0 Å². The van der Waals surface area contributed by atoms with Crippen LogP contribution in [0.3, 0.4) is 0 Å². The van der Waals surface area contributed by atoms with Gasteiger partial charge in [-0.2, -0.15) is 5.01 Å². The minimum absolute atomic E-state index is 0.262. The van der Waals surface area contributed by atoms with Crippen LogP contribution in [0.5, 0.6) is 5.75 Å². The summed E-state index contributed by atoms with van der Waals surface area (Å²) in [6.07, 6.45) is 4.18. The SMILES string of the molecule is CCC(Oc1cc(Cl)ccc1Cl)C(=O)NN1C(=O)C2CC=CCC2C1=O. The average Bonchev–Trinajstić information content (AvgIpc) is 2.87. The Morgan fingerprint density at radius 2 is 1.85 bits per heavy atom. The van der Waals surface area contributed by atoms with Crippen LogP contribution in [0.15, 0.2) is 30.4 Å². The molecule has 0 spiro atoms. The molecule has 1 aromatic carbocycles. The third kappa shape index (κ3) is 3.57. The van der Waals surface area contributed by atoms with Gasteiger partial charge in [-0.25, -0.2) is 0 Å². The molecular weight excluding hydrogens is 379 g/mol. The van der Waals surface area contributed by atoms with Crippen molar-refractivity contribution in [2.24, 2.45) is 11.8 Å². The van der Waals surface area contributed by atoms with Gasteiger partial charge in [0.2, 0.25) is 0 Å². The zero-order valence-electron chi connectivity index (χ0n) is 14.1. The van der Waals surface area contributed by atoms with Crippen molar-refractivity contribution in [1.29, 1.82) is 0 Å². The third-order valence-electron chi connectivity index (χ3n) is 4.56. The Morgan fingerprint density at radius 1 is 1.23 bits per heavy atom. The highest BCUT2D eigenvalue weighted by Gasteiger charge is 2.48. The fourth-order valence-corrected chi connectivity index (χ4v) is 3.46. The molecule has 1 saturated heterocycles. The topological polar surface area (TPSA) is 75.7 Å². The molecule has 2 aliphatic rings. The number of nitrogens with zero attached hydrogens (tertiary/aromatic N) is 1. The van der Waals surface area contributed by atoms with Crippen molar-refractivity contribution in [1.82, 2.24) is 10.4 Å². The molecule has 0 bridgehead atoms. The number of amides is 3. The average molecular weight is 397 g/mol. The maximum atomic E-state index is 12.6. The van der Waals surface area contributed by atoms with Gasteiger partial charge in [0, 0.05) is 11.1 Å². The predicted molar refractivity (Wildman–Crippen MR) is 96.5 cm³/mol. The first kappa shape index (κ1) is 18.7. The van der Waals surface area contributed by atoms with Crippen LogP contribution in [0.1, 0.15) is 26.2 Å².